The van der Waals surface area contributed by atoms with Gasteiger partial charge in [0.2, 0.25) is 0 Å². The first-order valence-corrected chi connectivity index (χ1v) is 10.7. The first-order chi connectivity index (χ1) is 15.2. The quantitative estimate of drug-likeness (QED) is 0.580. The SMILES string of the molecule is CCOc1ccc(C2Oc3c(OCC)cccc3C3C=C(c4ccc(C)o4)NN32)cc1. The van der Waals surface area contributed by atoms with E-state index < -0.39 is 0 Å². The zero-order valence-electron chi connectivity index (χ0n) is 17.9. The molecule has 0 saturated carbocycles. The van der Waals surface area contributed by atoms with Crippen molar-refractivity contribution in [3.8, 4) is 17.2 Å². The summed E-state index contributed by atoms with van der Waals surface area (Å²) >= 11 is 0. The van der Waals surface area contributed by atoms with Gasteiger partial charge in [0.1, 0.15) is 11.5 Å². The second-order valence-corrected chi connectivity index (χ2v) is 7.53. The molecule has 6 nitrogen and oxygen atoms in total. The molecule has 2 aliphatic rings. The fourth-order valence-electron chi connectivity index (χ4n) is 4.10. The highest BCUT2D eigenvalue weighted by Crippen LogP contribution is 2.49. The van der Waals surface area contributed by atoms with Crippen molar-refractivity contribution >= 4 is 5.70 Å². The third-order valence-corrected chi connectivity index (χ3v) is 5.47. The lowest BCUT2D eigenvalue weighted by molar-refractivity contribution is -0.0347. The third kappa shape index (κ3) is 3.53. The van der Waals surface area contributed by atoms with Crippen LogP contribution in [0.5, 0.6) is 17.2 Å². The minimum atomic E-state index is -0.348. The molecule has 6 heteroatoms. The smallest absolute Gasteiger partial charge is 0.196 e. The molecular weight excluding hydrogens is 392 g/mol. The zero-order chi connectivity index (χ0) is 21.4. The maximum Gasteiger partial charge on any atom is 0.196 e. The Kier molecular flexibility index (Phi) is 5.08. The van der Waals surface area contributed by atoms with E-state index in [9.17, 15) is 0 Å². The first kappa shape index (κ1) is 19.6. The first-order valence-electron chi connectivity index (χ1n) is 10.7. The lowest BCUT2D eigenvalue weighted by atomic mass is 10.0. The minimum Gasteiger partial charge on any atom is -0.494 e. The summed E-state index contributed by atoms with van der Waals surface area (Å²) in [4.78, 5) is 0. The van der Waals surface area contributed by atoms with Crippen LogP contribution in [0.1, 0.15) is 48.8 Å². The van der Waals surface area contributed by atoms with Crippen LogP contribution in [0.4, 0.5) is 0 Å². The molecule has 2 aliphatic heterocycles. The van der Waals surface area contributed by atoms with Crippen LogP contribution >= 0.6 is 0 Å². The molecule has 0 aliphatic carbocycles. The predicted octanol–water partition coefficient (Wildman–Crippen LogP) is 5.38. The second kappa shape index (κ2) is 8.04. The number of nitrogens with zero attached hydrogens (tertiary/aromatic N) is 1. The van der Waals surface area contributed by atoms with Gasteiger partial charge in [-0.2, -0.15) is 5.01 Å². The van der Waals surface area contributed by atoms with Gasteiger partial charge in [-0.05, 0) is 57.2 Å². The molecule has 0 radical (unpaired) electrons. The fourth-order valence-corrected chi connectivity index (χ4v) is 4.10. The summed E-state index contributed by atoms with van der Waals surface area (Å²) in [5.74, 6) is 4.06. The van der Waals surface area contributed by atoms with E-state index >= 15 is 0 Å². The molecule has 0 bridgehead atoms. The number of ether oxygens (including phenoxy) is 3. The number of furan rings is 1. The molecule has 5 rings (SSSR count). The van der Waals surface area contributed by atoms with Gasteiger partial charge in [0.25, 0.3) is 0 Å². The lowest BCUT2D eigenvalue weighted by Crippen LogP contribution is -2.43. The van der Waals surface area contributed by atoms with Crippen molar-refractivity contribution in [1.82, 2.24) is 10.4 Å². The van der Waals surface area contributed by atoms with Crippen LogP contribution in [0.2, 0.25) is 0 Å². The summed E-state index contributed by atoms with van der Waals surface area (Å²) in [5.41, 5.74) is 6.50. The van der Waals surface area contributed by atoms with Crippen molar-refractivity contribution < 1.29 is 18.6 Å². The van der Waals surface area contributed by atoms with Gasteiger partial charge in [-0.1, -0.05) is 24.3 Å². The number of aryl methyl sites for hydroxylation is 1. The molecule has 1 aromatic heterocycles. The molecule has 160 valence electrons. The number of hydrogen-bond acceptors (Lipinski definition) is 6. The lowest BCUT2D eigenvalue weighted by Gasteiger charge is -2.39. The molecule has 0 spiro atoms. The van der Waals surface area contributed by atoms with Crippen LogP contribution in [0.25, 0.3) is 5.70 Å². The predicted molar refractivity (Wildman–Crippen MR) is 118 cm³/mol. The number of nitrogens with one attached hydrogen (secondary N) is 1. The molecule has 31 heavy (non-hydrogen) atoms. The molecule has 1 N–H and O–H groups in total. The van der Waals surface area contributed by atoms with Crippen LogP contribution in [0.15, 0.2) is 65.1 Å². The molecule has 3 heterocycles. The molecule has 2 atom stereocenters. The summed E-state index contributed by atoms with van der Waals surface area (Å²) in [7, 11) is 0. The highest BCUT2D eigenvalue weighted by atomic mass is 16.5. The largest absolute Gasteiger partial charge is 0.494 e. The molecule has 0 saturated heterocycles. The Morgan fingerprint density at radius 1 is 0.968 bits per heavy atom. The van der Waals surface area contributed by atoms with Crippen molar-refractivity contribution in [2.75, 3.05) is 13.2 Å². The third-order valence-electron chi connectivity index (χ3n) is 5.47. The Balaban J connectivity index is 1.56. The van der Waals surface area contributed by atoms with Crippen molar-refractivity contribution in [3.63, 3.8) is 0 Å². The average Bonchev–Trinajstić information content (AvgIpc) is 3.41. The van der Waals surface area contributed by atoms with Crippen LogP contribution in [0, 0.1) is 6.92 Å². The minimum absolute atomic E-state index is 0.0267. The fraction of sp³-hybridized carbons (Fsp3) is 0.280. The van der Waals surface area contributed by atoms with E-state index in [2.05, 4.69) is 22.6 Å². The summed E-state index contributed by atoms with van der Waals surface area (Å²) in [6, 6.07) is 18.0. The van der Waals surface area contributed by atoms with Crippen LogP contribution in [-0.4, -0.2) is 18.2 Å². The van der Waals surface area contributed by atoms with Crippen LogP contribution < -0.4 is 19.6 Å². The maximum absolute atomic E-state index is 6.54. The topological polar surface area (TPSA) is 56.1 Å². The van der Waals surface area contributed by atoms with E-state index in [1.807, 2.05) is 69.3 Å². The Hall–Kier alpha value is -3.38. The standard InChI is InChI=1S/C25H26N2O4/c1-4-28-18-12-10-17(11-13-18)25-27-21(15-20(26-27)22-14-9-16(3)30-22)19-7-6-8-23(29-5-2)24(19)31-25/h6-15,21,25-26H,4-5H2,1-3H3. The molecular formula is C25H26N2O4. The van der Waals surface area contributed by atoms with E-state index in [-0.39, 0.29) is 12.3 Å². The number of hydrogen-bond donors (Lipinski definition) is 1. The normalized spacial score (nSPS) is 19.6. The molecule has 0 fully saturated rings. The van der Waals surface area contributed by atoms with Gasteiger partial charge in [-0.3, -0.25) is 0 Å². The van der Waals surface area contributed by atoms with E-state index in [0.717, 1.165) is 45.6 Å². The highest BCUT2D eigenvalue weighted by Gasteiger charge is 2.41. The van der Waals surface area contributed by atoms with Gasteiger partial charge >= 0.3 is 0 Å². The number of para-hydroxylation sites is 1. The van der Waals surface area contributed by atoms with Gasteiger partial charge < -0.3 is 24.1 Å². The summed E-state index contributed by atoms with van der Waals surface area (Å²) in [5, 5.41) is 2.11. The molecule has 0 amide bonds. The van der Waals surface area contributed by atoms with Gasteiger partial charge in [0, 0.05) is 11.1 Å². The highest BCUT2D eigenvalue weighted by molar-refractivity contribution is 5.65. The Bertz CT molecular complexity index is 1100. The van der Waals surface area contributed by atoms with Gasteiger partial charge in [0.05, 0.1) is 25.0 Å². The van der Waals surface area contributed by atoms with E-state index in [1.54, 1.807) is 0 Å². The number of benzene rings is 2. The van der Waals surface area contributed by atoms with Gasteiger partial charge in [-0.25, -0.2) is 0 Å². The summed E-state index contributed by atoms with van der Waals surface area (Å²) < 4.78 is 23.9. The maximum atomic E-state index is 6.54. The zero-order valence-corrected chi connectivity index (χ0v) is 17.9. The van der Waals surface area contributed by atoms with Crippen LogP contribution in [0.3, 0.4) is 0 Å². The number of fused-ring (bicyclic) bond motifs is 3. The Labute approximate surface area is 182 Å². The Morgan fingerprint density at radius 3 is 2.48 bits per heavy atom. The molecule has 3 aromatic rings. The van der Waals surface area contributed by atoms with Crippen molar-refractivity contribution in [2.45, 2.75) is 33.0 Å². The van der Waals surface area contributed by atoms with Crippen LogP contribution in [-0.2, 0) is 0 Å². The van der Waals surface area contributed by atoms with Crippen molar-refractivity contribution in [2.24, 2.45) is 0 Å². The monoisotopic (exact) mass is 418 g/mol. The van der Waals surface area contributed by atoms with E-state index in [4.69, 9.17) is 18.6 Å². The Morgan fingerprint density at radius 2 is 1.77 bits per heavy atom. The van der Waals surface area contributed by atoms with E-state index in [0.29, 0.717) is 13.2 Å². The van der Waals surface area contributed by atoms with Gasteiger partial charge in [-0.15, -0.1) is 0 Å². The van der Waals surface area contributed by atoms with Gasteiger partial charge in [0.15, 0.2) is 23.5 Å². The second-order valence-electron chi connectivity index (χ2n) is 7.53. The number of hydrazine groups is 1. The summed E-state index contributed by atoms with van der Waals surface area (Å²) in [6.07, 6.45) is 1.83. The molecule has 2 aromatic carbocycles. The summed E-state index contributed by atoms with van der Waals surface area (Å²) in [6.45, 7) is 7.12. The van der Waals surface area contributed by atoms with Crippen molar-refractivity contribution in [1.29, 1.82) is 0 Å². The number of rotatable bonds is 6. The van der Waals surface area contributed by atoms with Crippen molar-refractivity contribution in [3.05, 3.63) is 83.3 Å². The average molecular weight is 418 g/mol. The van der Waals surface area contributed by atoms with E-state index in [1.165, 1.54) is 0 Å². The molecule has 2 unspecified atom stereocenters.